The molecular weight excluding hydrogens is 278 g/mol. The van der Waals surface area contributed by atoms with E-state index in [9.17, 15) is 22.4 Å². The number of aryl methyl sites for hydroxylation is 1. The van der Waals surface area contributed by atoms with E-state index in [1.807, 2.05) is 6.92 Å². The molecule has 0 saturated heterocycles. The summed E-state index contributed by atoms with van der Waals surface area (Å²) in [6, 6.07) is 2.78. The minimum atomic E-state index is -4.25. The fourth-order valence-corrected chi connectivity index (χ4v) is 1.41. The van der Waals surface area contributed by atoms with Crippen molar-refractivity contribution in [3.63, 3.8) is 0 Å². The molecule has 1 heterocycles. The van der Waals surface area contributed by atoms with Crippen LogP contribution in [0.15, 0.2) is 12.1 Å². The van der Waals surface area contributed by atoms with E-state index in [4.69, 9.17) is 0 Å². The number of aromatic nitrogens is 1. The van der Waals surface area contributed by atoms with Crippen LogP contribution in [-0.4, -0.2) is 36.8 Å². The highest BCUT2D eigenvalue weighted by Crippen LogP contribution is 2.21. The monoisotopic (exact) mass is 293 g/mol. The Kier molecular flexibility index (Phi) is 5.29. The Bertz CT molecular complexity index is 458. The van der Waals surface area contributed by atoms with E-state index in [-0.39, 0.29) is 5.56 Å². The van der Waals surface area contributed by atoms with Gasteiger partial charge in [0, 0.05) is 18.3 Å². The van der Waals surface area contributed by atoms with Gasteiger partial charge in [0.15, 0.2) is 0 Å². The average molecular weight is 293 g/mol. The molecule has 1 amide bonds. The molecule has 0 bridgehead atoms. The summed E-state index contributed by atoms with van der Waals surface area (Å²) >= 11 is 0. The lowest BCUT2D eigenvalue weighted by Crippen LogP contribution is -2.41. The van der Waals surface area contributed by atoms with Crippen LogP contribution in [0.1, 0.15) is 23.0 Å². The second-order valence-corrected chi connectivity index (χ2v) is 4.08. The maximum atomic E-state index is 12.7. The molecule has 0 atom stereocenters. The summed E-state index contributed by atoms with van der Waals surface area (Å²) in [6.45, 7) is 0.399. The van der Waals surface area contributed by atoms with Crippen LogP contribution in [0.25, 0.3) is 0 Å². The molecule has 0 aromatic carbocycles. The lowest BCUT2D eigenvalue weighted by molar-refractivity contribution is -0.123. The van der Waals surface area contributed by atoms with Crippen LogP contribution < -0.4 is 10.6 Å². The summed E-state index contributed by atoms with van der Waals surface area (Å²) in [5.74, 6) is -4.70. The van der Waals surface area contributed by atoms with Crippen molar-refractivity contribution in [2.75, 3.05) is 18.9 Å². The number of anilines is 1. The molecule has 4 nitrogen and oxygen atoms in total. The molecular formula is C12H15F4N3O. The molecule has 8 heteroatoms. The Morgan fingerprint density at radius 2 is 2.05 bits per heavy atom. The molecule has 0 unspecified atom stereocenters. The summed E-state index contributed by atoms with van der Waals surface area (Å²) in [5, 5.41) is 4.53. The van der Waals surface area contributed by atoms with Gasteiger partial charge in [-0.3, -0.25) is 4.79 Å². The van der Waals surface area contributed by atoms with Crippen LogP contribution in [0.2, 0.25) is 0 Å². The first-order chi connectivity index (χ1) is 9.30. The Labute approximate surface area is 113 Å². The zero-order valence-electron chi connectivity index (χ0n) is 11.0. The SMILES string of the molecule is CCc1cc(C(=O)NCC(F)(F)C(F)F)cc(NC)n1. The Morgan fingerprint density at radius 1 is 1.40 bits per heavy atom. The van der Waals surface area contributed by atoms with E-state index in [2.05, 4.69) is 10.3 Å². The van der Waals surface area contributed by atoms with E-state index in [1.54, 1.807) is 12.4 Å². The number of rotatable bonds is 6. The second kappa shape index (κ2) is 6.53. The molecule has 0 fully saturated rings. The number of amides is 1. The van der Waals surface area contributed by atoms with Crippen LogP contribution in [-0.2, 0) is 6.42 Å². The number of carbonyl (C=O) groups excluding carboxylic acids is 1. The minimum absolute atomic E-state index is 0.0891. The van der Waals surface area contributed by atoms with Gasteiger partial charge in [-0.25, -0.2) is 13.8 Å². The fraction of sp³-hybridized carbons (Fsp3) is 0.500. The summed E-state index contributed by atoms with van der Waals surface area (Å²) in [5.41, 5.74) is 0.675. The Hall–Kier alpha value is -1.86. The largest absolute Gasteiger partial charge is 0.373 e. The van der Waals surface area contributed by atoms with Gasteiger partial charge in [-0.05, 0) is 18.6 Å². The molecule has 0 aliphatic rings. The predicted octanol–water partition coefficient (Wildman–Crippen LogP) is 2.32. The molecule has 1 rings (SSSR count). The highest BCUT2D eigenvalue weighted by Gasteiger charge is 2.40. The van der Waals surface area contributed by atoms with Gasteiger partial charge in [0.2, 0.25) is 0 Å². The average Bonchev–Trinajstić information content (AvgIpc) is 2.43. The van der Waals surface area contributed by atoms with E-state index in [1.165, 1.54) is 12.1 Å². The van der Waals surface area contributed by atoms with Crippen LogP contribution in [0, 0.1) is 0 Å². The standard InChI is InChI=1S/C12H15F4N3O/c1-3-8-4-7(5-9(17-2)19-8)10(20)18-6-12(15,16)11(13)14/h4-5,11H,3,6H2,1-2H3,(H,17,19)(H,18,20). The first kappa shape index (κ1) is 16.2. The topological polar surface area (TPSA) is 54.0 Å². The zero-order chi connectivity index (χ0) is 15.3. The van der Waals surface area contributed by atoms with Crippen molar-refractivity contribution in [2.24, 2.45) is 0 Å². The van der Waals surface area contributed by atoms with Crippen LogP contribution in [0.5, 0.6) is 0 Å². The van der Waals surface area contributed by atoms with Crippen molar-refractivity contribution >= 4 is 11.7 Å². The zero-order valence-corrected chi connectivity index (χ0v) is 11.0. The summed E-state index contributed by atoms with van der Waals surface area (Å²) in [4.78, 5) is 15.8. The molecule has 0 radical (unpaired) electrons. The van der Waals surface area contributed by atoms with Crippen molar-refractivity contribution in [1.82, 2.24) is 10.3 Å². The fourth-order valence-electron chi connectivity index (χ4n) is 1.41. The quantitative estimate of drug-likeness (QED) is 0.791. The van der Waals surface area contributed by atoms with Gasteiger partial charge in [0.1, 0.15) is 5.82 Å². The number of halogens is 4. The number of hydrogen-bond donors (Lipinski definition) is 2. The van der Waals surface area contributed by atoms with Crippen molar-refractivity contribution in [2.45, 2.75) is 25.7 Å². The van der Waals surface area contributed by atoms with Gasteiger partial charge in [0.25, 0.3) is 5.91 Å². The van der Waals surface area contributed by atoms with Gasteiger partial charge >= 0.3 is 12.3 Å². The van der Waals surface area contributed by atoms with Crippen molar-refractivity contribution < 1.29 is 22.4 Å². The number of nitrogens with one attached hydrogen (secondary N) is 2. The third-order valence-corrected chi connectivity index (χ3v) is 2.56. The molecule has 0 saturated carbocycles. The molecule has 1 aromatic heterocycles. The van der Waals surface area contributed by atoms with Gasteiger partial charge in [0.05, 0.1) is 6.54 Å². The molecule has 112 valence electrons. The van der Waals surface area contributed by atoms with E-state index < -0.39 is 24.8 Å². The number of hydrogen-bond acceptors (Lipinski definition) is 3. The van der Waals surface area contributed by atoms with Gasteiger partial charge < -0.3 is 10.6 Å². The predicted molar refractivity (Wildman–Crippen MR) is 66.4 cm³/mol. The summed E-state index contributed by atoms with van der Waals surface area (Å²) in [7, 11) is 1.59. The summed E-state index contributed by atoms with van der Waals surface area (Å²) < 4.78 is 49.4. The first-order valence-corrected chi connectivity index (χ1v) is 5.93. The maximum absolute atomic E-state index is 12.7. The Balaban J connectivity index is 2.82. The maximum Gasteiger partial charge on any atom is 0.324 e. The van der Waals surface area contributed by atoms with Gasteiger partial charge in [-0.2, -0.15) is 8.78 Å². The van der Waals surface area contributed by atoms with Crippen LogP contribution >= 0.6 is 0 Å². The molecule has 0 aliphatic heterocycles. The number of carbonyl (C=O) groups is 1. The highest BCUT2D eigenvalue weighted by atomic mass is 19.3. The molecule has 0 spiro atoms. The van der Waals surface area contributed by atoms with Crippen molar-refractivity contribution in [3.8, 4) is 0 Å². The smallest absolute Gasteiger partial charge is 0.324 e. The van der Waals surface area contributed by atoms with Gasteiger partial charge in [-0.15, -0.1) is 0 Å². The van der Waals surface area contributed by atoms with E-state index >= 15 is 0 Å². The molecule has 1 aromatic rings. The molecule has 20 heavy (non-hydrogen) atoms. The summed E-state index contributed by atoms with van der Waals surface area (Å²) in [6.07, 6.45) is -3.28. The molecule has 2 N–H and O–H groups in total. The lowest BCUT2D eigenvalue weighted by Gasteiger charge is -2.16. The number of pyridine rings is 1. The number of alkyl halides is 4. The second-order valence-electron chi connectivity index (χ2n) is 4.08. The number of nitrogens with zero attached hydrogens (tertiary/aromatic N) is 1. The van der Waals surface area contributed by atoms with Crippen LogP contribution in [0.4, 0.5) is 23.4 Å². The Morgan fingerprint density at radius 3 is 2.55 bits per heavy atom. The highest BCUT2D eigenvalue weighted by molar-refractivity contribution is 5.95. The van der Waals surface area contributed by atoms with E-state index in [0.717, 1.165) is 0 Å². The first-order valence-electron chi connectivity index (χ1n) is 5.93. The van der Waals surface area contributed by atoms with Gasteiger partial charge in [-0.1, -0.05) is 6.92 Å². The third kappa shape index (κ3) is 4.07. The van der Waals surface area contributed by atoms with Crippen molar-refractivity contribution in [1.29, 1.82) is 0 Å². The van der Waals surface area contributed by atoms with E-state index in [0.29, 0.717) is 17.9 Å². The van der Waals surface area contributed by atoms with Crippen molar-refractivity contribution in [3.05, 3.63) is 23.4 Å². The lowest BCUT2D eigenvalue weighted by atomic mass is 10.1. The minimum Gasteiger partial charge on any atom is -0.373 e. The normalized spacial score (nSPS) is 11.6. The molecule has 0 aliphatic carbocycles. The third-order valence-electron chi connectivity index (χ3n) is 2.56. The van der Waals surface area contributed by atoms with Crippen LogP contribution in [0.3, 0.4) is 0 Å².